The summed E-state index contributed by atoms with van der Waals surface area (Å²) in [6.45, 7) is 5.75. The molecule has 0 spiro atoms. The van der Waals surface area contributed by atoms with Gasteiger partial charge in [-0.3, -0.25) is 4.79 Å². The van der Waals surface area contributed by atoms with Gasteiger partial charge in [0.1, 0.15) is 17.3 Å². The third kappa shape index (κ3) is 5.57. The SMILES string of the molecule is COc1cc(Nc2ncc(F)c(-c3cnc(C4CCOC(C)C4)[nH]3)n2)ccc1C(=O)N1CCN(C)CC1. The fourth-order valence-corrected chi connectivity index (χ4v) is 4.78. The summed E-state index contributed by atoms with van der Waals surface area (Å²) in [5.74, 6) is 1.09. The average molecular weight is 510 g/mol. The lowest BCUT2D eigenvalue weighted by Gasteiger charge is -2.32. The Morgan fingerprint density at radius 1 is 1.22 bits per heavy atom. The summed E-state index contributed by atoms with van der Waals surface area (Å²) < 4.78 is 25.8. The Morgan fingerprint density at radius 2 is 2.03 bits per heavy atom. The van der Waals surface area contributed by atoms with Crippen molar-refractivity contribution in [3.8, 4) is 17.1 Å². The molecule has 10 nitrogen and oxygen atoms in total. The van der Waals surface area contributed by atoms with Crippen LogP contribution in [0, 0.1) is 5.82 Å². The number of aromatic amines is 1. The number of hydrogen-bond donors (Lipinski definition) is 2. The molecular weight excluding hydrogens is 477 g/mol. The van der Waals surface area contributed by atoms with E-state index in [9.17, 15) is 9.18 Å². The lowest BCUT2D eigenvalue weighted by atomic mass is 9.96. The molecule has 196 valence electrons. The van der Waals surface area contributed by atoms with E-state index < -0.39 is 5.82 Å². The van der Waals surface area contributed by atoms with Crippen LogP contribution in [0.5, 0.6) is 5.75 Å². The van der Waals surface area contributed by atoms with Gasteiger partial charge in [0.05, 0.1) is 36.9 Å². The van der Waals surface area contributed by atoms with Crippen LogP contribution in [0.25, 0.3) is 11.4 Å². The number of hydrogen-bond acceptors (Lipinski definition) is 8. The predicted octanol–water partition coefficient (Wildman–Crippen LogP) is 3.43. The molecule has 3 aromatic rings. The van der Waals surface area contributed by atoms with Gasteiger partial charge in [-0.2, -0.15) is 0 Å². The van der Waals surface area contributed by atoms with Crippen molar-refractivity contribution in [2.24, 2.45) is 0 Å². The molecule has 4 heterocycles. The maximum absolute atomic E-state index is 14.7. The Hall–Kier alpha value is -3.57. The van der Waals surface area contributed by atoms with E-state index in [1.165, 1.54) is 7.11 Å². The summed E-state index contributed by atoms with van der Waals surface area (Å²) in [6, 6.07) is 5.21. The van der Waals surface area contributed by atoms with Crippen molar-refractivity contribution >= 4 is 17.5 Å². The van der Waals surface area contributed by atoms with Crippen LogP contribution in [-0.4, -0.2) is 88.7 Å². The lowest BCUT2D eigenvalue weighted by Crippen LogP contribution is -2.47. The van der Waals surface area contributed by atoms with Crippen molar-refractivity contribution < 1.29 is 18.7 Å². The normalized spacial score (nSPS) is 20.6. The topological polar surface area (TPSA) is 108 Å². The summed E-state index contributed by atoms with van der Waals surface area (Å²) >= 11 is 0. The van der Waals surface area contributed by atoms with E-state index in [-0.39, 0.29) is 29.6 Å². The number of imidazole rings is 1. The first kappa shape index (κ1) is 25.1. The van der Waals surface area contributed by atoms with Crippen molar-refractivity contribution in [3.05, 3.63) is 47.8 Å². The molecule has 2 aliphatic heterocycles. The number of nitrogens with zero attached hydrogens (tertiary/aromatic N) is 5. The molecule has 0 radical (unpaired) electrons. The molecule has 5 rings (SSSR count). The molecule has 11 heteroatoms. The summed E-state index contributed by atoms with van der Waals surface area (Å²) in [5.41, 5.74) is 1.73. The molecule has 2 fully saturated rings. The van der Waals surface area contributed by atoms with Crippen LogP contribution < -0.4 is 10.1 Å². The molecular formula is C26H32FN7O3. The van der Waals surface area contributed by atoms with Gasteiger partial charge in [-0.05, 0) is 38.9 Å². The van der Waals surface area contributed by atoms with E-state index in [4.69, 9.17) is 9.47 Å². The first-order valence-corrected chi connectivity index (χ1v) is 12.5. The van der Waals surface area contributed by atoms with E-state index in [1.54, 1.807) is 24.4 Å². The fourth-order valence-electron chi connectivity index (χ4n) is 4.78. The summed E-state index contributed by atoms with van der Waals surface area (Å²) in [7, 11) is 3.57. The number of nitrogens with one attached hydrogen (secondary N) is 2. The first-order valence-electron chi connectivity index (χ1n) is 12.5. The highest BCUT2D eigenvalue weighted by molar-refractivity contribution is 5.97. The quantitative estimate of drug-likeness (QED) is 0.520. The molecule has 2 saturated heterocycles. The zero-order valence-corrected chi connectivity index (χ0v) is 21.3. The van der Waals surface area contributed by atoms with E-state index in [2.05, 4.69) is 30.2 Å². The van der Waals surface area contributed by atoms with E-state index >= 15 is 0 Å². The second kappa shape index (κ2) is 10.8. The van der Waals surface area contributed by atoms with Crippen LogP contribution in [-0.2, 0) is 4.74 Å². The Morgan fingerprint density at radius 3 is 2.78 bits per heavy atom. The minimum atomic E-state index is -0.549. The number of carbonyl (C=O) groups is 1. The zero-order valence-electron chi connectivity index (χ0n) is 21.3. The van der Waals surface area contributed by atoms with Crippen molar-refractivity contribution in [3.63, 3.8) is 0 Å². The highest BCUT2D eigenvalue weighted by atomic mass is 19.1. The number of piperazine rings is 1. The van der Waals surface area contributed by atoms with Crippen LogP contribution in [0.4, 0.5) is 16.0 Å². The van der Waals surface area contributed by atoms with Gasteiger partial charge in [0.25, 0.3) is 5.91 Å². The average Bonchev–Trinajstić information content (AvgIpc) is 3.40. The molecule has 2 unspecified atom stereocenters. The Balaban J connectivity index is 1.33. The maximum Gasteiger partial charge on any atom is 0.257 e. The minimum Gasteiger partial charge on any atom is -0.496 e. The number of anilines is 2. The molecule has 1 aromatic carbocycles. The number of rotatable bonds is 6. The number of carbonyl (C=O) groups excluding carboxylic acids is 1. The van der Waals surface area contributed by atoms with Crippen molar-refractivity contribution in [2.45, 2.75) is 31.8 Å². The highest BCUT2D eigenvalue weighted by Crippen LogP contribution is 2.31. The Bertz CT molecular complexity index is 1260. The largest absolute Gasteiger partial charge is 0.496 e. The van der Waals surface area contributed by atoms with Crippen LogP contribution in [0.15, 0.2) is 30.6 Å². The third-order valence-corrected chi connectivity index (χ3v) is 6.95. The van der Waals surface area contributed by atoms with E-state index in [0.29, 0.717) is 42.4 Å². The molecule has 0 saturated carbocycles. The number of H-pyrrole nitrogens is 1. The number of methoxy groups -OCH3 is 1. The summed E-state index contributed by atoms with van der Waals surface area (Å²) in [6.07, 6.45) is 4.63. The molecule has 1 amide bonds. The zero-order chi connectivity index (χ0) is 25.9. The number of benzene rings is 1. The second-order valence-electron chi connectivity index (χ2n) is 9.61. The van der Waals surface area contributed by atoms with Crippen LogP contribution in [0.3, 0.4) is 0 Å². The van der Waals surface area contributed by atoms with Gasteiger partial charge in [-0.15, -0.1) is 0 Å². The molecule has 2 atom stereocenters. The van der Waals surface area contributed by atoms with Gasteiger partial charge in [-0.25, -0.2) is 19.3 Å². The van der Waals surface area contributed by atoms with Gasteiger partial charge in [0, 0.05) is 50.5 Å². The Kier molecular flexibility index (Phi) is 7.33. The number of amides is 1. The van der Waals surface area contributed by atoms with Gasteiger partial charge >= 0.3 is 0 Å². The maximum atomic E-state index is 14.7. The first-order chi connectivity index (χ1) is 17.9. The fraction of sp³-hybridized carbons (Fsp3) is 0.462. The number of ether oxygens (including phenoxy) is 2. The molecule has 0 aliphatic carbocycles. The van der Waals surface area contributed by atoms with Crippen LogP contribution in [0.1, 0.15) is 41.9 Å². The van der Waals surface area contributed by atoms with Gasteiger partial charge in [-0.1, -0.05) is 0 Å². The summed E-state index contributed by atoms with van der Waals surface area (Å²) in [4.78, 5) is 33.3. The van der Waals surface area contributed by atoms with Gasteiger partial charge in [0.2, 0.25) is 5.95 Å². The molecule has 2 aromatic heterocycles. The molecule has 0 bridgehead atoms. The molecule has 37 heavy (non-hydrogen) atoms. The van der Waals surface area contributed by atoms with Crippen molar-refractivity contribution in [1.29, 1.82) is 0 Å². The van der Waals surface area contributed by atoms with Crippen LogP contribution >= 0.6 is 0 Å². The Labute approximate surface area is 215 Å². The van der Waals surface area contributed by atoms with Crippen LogP contribution in [0.2, 0.25) is 0 Å². The molecule has 2 N–H and O–H groups in total. The van der Waals surface area contributed by atoms with Gasteiger partial charge < -0.3 is 29.6 Å². The highest BCUT2D eigenvalue weighted by Gasteiger charge is 2.25. The predicted molar refractivity (Wildman–Crippen MR) is 137 cm³/mol. The standard InChI is InChI=1S/C26H32FN7O3/c1-16-12-17(6-11-37-16)24-28-15-21(31-24)23-20(27)14-29-26(32-23)30-18-4-5-19(22(13-18)36-3)25(35)34-9-7-33(2)8-10-34/h4-5,13-17H,6-12H2,1-3H3,(H,28,31)(H,29,30,32). The number of aromatic nitrogens is 4. The van der Waals surface area contributed by atoms with E-state index in [0.717, 1.165) is 38.0 Å². The summed E-state index contributed by atoms with van der Waals surface area (Å²) in [5, 5.41) is 3.09. The van der Waals surface area contributed by atoms with Gasteiger partial charge in [0.15, 0.2) is 5.82 Å². The third-order valence-electron chi connectivity index (χ3n) is 6.95. The van der Waals surface area contributed by atoms with E-state index in [1.807, 2.05) is 18.9 Å². The molecule has 2 aliphatic rings. The van der Waals surface area contributed by atoms with Crippen molar-refractivity contribution in [2.75, 3.05) is 52.3 Å². The lowest BCUT2D eigenvalue weighted by molar-refractivity contribution is 0.0174. The smallest absolute Gasteiger partial charge is 0.257 e. The number of likely N-dealkylation sites (N-methyl/N-ethyl adjacent to an activating group) is 1. The second-order valence-corrected chi connectivity index (χ2v) is 9.61. The van der Waals surface area contributed by atoms with Crippen molar-refractivity contribution in [1.82, 2.24) is 29.7 Å². The monoisotopic (exact) mass is 509 g/mol. The minimum absolute atomic E-state index is 0.0641. The number of halogens is 1.